The van der Waals surface area contributed by atoms with Gasteiger partial charge in [-0.2, -0.15) is 0 Å². The van der Waals surface area contributed by atoms with E-state index in [1.54, 1.807) is 6.20 Å². The number of rotatable bonds is 3. The molecule has 0 amide bonds. The van der Waals surface area contributed by atoms with Gasteiger partial charge in [0.2, 0.25) is 0 Å². The second-order valence-corrected chi connectivity index (χ2v) is 2.75. The molecule has 10 heavy (non-hydrogen) atoms. The van der Waals surface area contributed by atoms with Crippen LogP contribution in [0.4, 0.5) is 0 Å². The van der Waals surface area contributed by atoms with Crippen LogP contribution in [0, 0.1) is 5.92 Å². The molecule has 0 aliphatic heterocycles. The summed E-state index contributed by atoms with van der Waals surface area (Å²) in [4.78, 5) is 7.24. The normalized spacial score (nSPS) is 13.4. The molecule has 2 heteroatoms. The zero-order valence-corrected chi connectivity index (χ0v) is 6.59. The van der Waals surface area contributed by atoms with Crippen molar-refractivity contribution in [2.24, 2.45) is 5.92 Å². The molecule has 1 atom stereocenters. The maximum Gasteiger partial charge on any atom is 0.106 e. The molecule has 0 aromatic carbocycles. The number of aromatic nitrogens is 2. The second kappa shape index (κ2) is 3.40. The molecule has 1 N–H and O–H groups in total. The molecule has 1 unspecified atom stereocenters. The SMILES string of the molecule is CCC(C)Cc1ncc[nH]1. The molecule has 0 aliphatic carbocycles. The number of aromatic amines is 1. The molecule has 0 saturated carbocycles. The van der Waals surface area contributed by atoms with E-state index in [4.69, 9.17) is 0 Å². The predicted octanol–water partition coefficient (Wildman–Crippen LogP) is 2.00. The first kappa shape index (κ1) is 7.32. The van der Waals surface area contributed by atoms with Crippen LogP contribution in [0.3, 0.4) is 0 Å². The lowest BCUT2D eigenvalue weighted by molar-refractivity contribution is 0.546. The van der Waals surface area contributed by atoms with Gasteiger partial charge in [0.05, 0.1) is 0 Å². The van der Waals surface area contributed by atoms with Gasteiger partial charge in [-0.3, -0.25) is 0 Å². The third-order valence-corrected chi connectivity index (χ3v) is 1.79. The minimum Gasteiger partial charge on any atom is -0.349 e. The lowest BCUT2D eigenvalue weighted by Crippen LogP contribution is -1.98. The van der Waals surface area contributed by atoms with E-state index in [1.165, 1.54) is 6.42 Å². The highest BCUT2D eigenvalue weighted by molar-refractivity contribution is 4.87. The first-order valence-corrected chi connectivity index (χ1v) is 3.81. The highest BCUT2D eigenvalue weighted by Crippen LogP contribution is 2.06. The van der Waals surface area contributed by atoms with Crippen LogP contribution in [-0.2, 0) is 6.42 Å². The molecule has 1 aromatic heterocycles. The van der Waals surface area contributed by atoms with Crippen molar-refractivity contribution in [2.75, 3.05) is 0 Å². The molecule has 1 rings (SSSR count). The van der Waals surface area contributed by atoms with Gasteiger partial charge < -0.3 is 4.98 Å². The van der Waals surface area contributed by atoms with E-state index in [-0.39, 0.29) is 0 Å². The zero-order chi connectivity index (χ0) is 7.40. The number of imidazole rings is 1. The molecular formula is C8H14N2. The summed E-state index contributed by atoms with van der Waals surface area (Å²) in [7, 11) is 0. The van der Waals surface area contributed by atoms with Crippen LogP contribution in [-0.4, -0.2) is 9.97 Å². The Kier molecular flexibility index (Phi) is 2.49. The van der Waals surface area contributed by atoms with Gasteiger partial charge in [-0.15, -0.1) is 0 Å². The summed E-state index contributed by atoms with van der Waals surface area (Å²) in [6, 6.07) is 0. The summed E-state index contributed by atoms with van der Waals surface area (Å²) >= 11 is 0. The van der Waals surface area contributed by atoms with Crippen molar-refractivity contribution >= 4 is 0 Å². The first-order valence-electron chi connectivity index (χ1n) is 3.81. The fourth-order valence-corrected chi connectivity index (χ4v) is 0.884. The van der Waals surface area contributed by atoms with Crippen LogP contribution in [0.5, 0.6) is 0 Å². The Bertz CT molecular complexity index is 167. The van der Waals surface area contributed by atoms with Crippen molar-refractivity contribution in [2.45, 2.75) is 26.7 Å². The minimum absolute atomic E-state index is 0.742. The average molecular weight is 138 g/mol. The maximum atomic E-state index is 4.15. The summed E-state index contributed by atoms with van der Waals surface area (Å²) in [5, 5.41) is 0. The number of nitrogens with one attached hydrogen (secondary N) is 1. The quantitative estimate of drug-likeness (QED) is 0.680. The van der Waals surface area contributed by atoms with Crippen LogP contribution < -0.4 is 0 Å². The van der Waals surface area contributed by atoms with E-state index >= 15 is 0 Å². The first-order chi connectivity index (χ1) is 4.83. The third-order valence-electron chi connectivity index (χ3n) is 1.79. The van der Waals surface area contributed by atoms with Crippen molar-refractivity contribution in [1.82, 2.24) is 9.97 Å². The van der Waals surface area contributed by atoms with Gasteiger partial charge in [0, 0.05) is 18.8 Å². The summed E-state index contributed by atoms with van der Waals surface area (Å²) in [5.41, 5.74) is 0. The predicted molar refractivity (Wildman–Crippen MR) is 41.7 cm³/mol. The van der Waals surface area contributed by atoms with E-state index in [2.05, 4.69) is 23.8 Å². The minimum atomic E-state index is 0.742. The van der Waals surface area contributed by atoms with Crippen molar-refractivity contribution in [1.29, 1.82) is 0 Å². The maximum absolute atomic E-state index is 4.15. The van der Waals surface area contributed by atoms with E-state index in [9.17, 15) is 0 Å². The van der Waals surface area contributed by atoms with Gasteiger partial charge in [-0.1, -0.05) is 20.3 Å². The summed E-state index contributed by atoms with van der Waals surface area (Å²) in [6.45, 7) is 4.44. The second-order valence-electron chi connectivity index (χ2n) is 2.75. The lowest BCUT2D eigenvalue weighted by Gasteiger charge is -2.03. The Balaban J connectivity index is 2.40. The summed E-state index contributed by atoms with van der Waals surface area (Å²) in [5.74, 6) is 1.85. The molecule has 0 aliphatic rings. The standard InChI is InChI=1S/C8H14N2/c1-3-7(2)6-8-9-4-5-10-8/h4-5,7H,3,6H2,1-2H3,(H,9,10). The van der Waals surface area contributed by atoms with Crippen LogP contribution in [0.1, 0.15) is 26.1 Å². The topological polar surface area (TPSA) is 28.7 Å². The molecule has 0 radical (unpaired) electrons. The molecule has 1 heterocycles. The lowest BCUT2D eigenvalue weighted by atomic mass is 10.1. The van der Waals surface area contributed by atoms with Crippen LogP contribution in [0.15, 0.2) is 12.4 Å². The van der Waals surface area contributed by atoms with Crippen molar-refractivity contribution in [3.63, 3.8) is 0 Å². The molecule has 0 spiro atoms. The Morgan fingerprint density at radius 2 is 2.50 bits per heavy atom. The summed E-state index contributed by atoms with van der Waals surface area (Å²) < 4.78 is 0. The van der Waals surface area contributed by atoms with Crippen molar-refractivity contribution in [3.05, 3.63) is 18.2 Å². The van der Waals surface area contributed by atoms with Crippen molar-refractivity contribution in [3.8, 4) is 0 Å². The van der Waals surface area contributed by atoms with Crippen LogP contribution in [0.25, 0.3) is 0 Å². The molecule has 2 nitrogen and oxygen atoms in total. The highest BCUT2D eigenvalue weighted by atomic mass is 14.9. The molecule has 1 aromatic rings. The third kappa shape index (κ3) is 1.87. The van der Waals surface area contributed by atoms with E-state index in [1.807, 2.05) is 6.20 Å². The smallest absolute Gasteiger partial charge is 0.106 e. The summed E-state index contributed by atoms with van der Waals surface area (Å²) in [6.07, 6.45) is 5.97. The van der Waals surface area contributed by atoms with Gasteiger partial charge in [-0.05, 0) is 5.92 Å². The fraction of sp³-hybridized carbons (Fsp3) is 0.625. The zero-order valence-electron chi connectivity index (χ0n) is 6.59. The Morgan fingerprint density at radius 1 is 1.70 bits per heavy atom. The Hall–Kier alpha value is -0.790. The van der Waals surface area contributed by atoms with Gasteiger partial charge in [0.15, 0.2) is 0 Å². The average Bonchev–Trinajstić information content (AvgIpc) is 2.40. The van der Waals surface area contributed by atoms with Gasteiger partial charge in [-0.25, -0.2) is 4.98 Å². The number of hydrogen-bond donors (Lipinski definition) is 1. The highest BCUT2D eigenvalue weighted by Gasteiger charge is 2.00. The van der Waals surface area contributed by atoms with E-state index in [0.717, 1.165) is 18.2 Å². The number of nitrogens with zero attached hydrogens (tertiary/aromatic N) is 1. The molecule has 0 fully saturated rings. The Labute approximate surface area is 61.7 Å². The van der Waals surface area contributed by atoms with Crippen molar-refractivity contribution < 1.29 is 0 Å². The number of hydrogen-bond acceptors (Lipinski definition) is 1. The van der Waals surface area contributed by atoms with Gasteiger partial charge >= 0.3 is 0 Å². The van der Waals surface area contributed by atoms with E-state index in [0.29, 0.717) is 0 Å². The van der Waals surface area contributed by atoms with Gasteiger partial charge in [0.25, 0.3) is 0 Å². The monoisotopic (exact) mass is 138 g/mol. The largest absolute Gasteiger partial charge is 0.349 e. The molecule has 0 bridgehead atoms. The van der Waals surface area contributed by atoms with Crippen LogP contribution in [0.2, 0.25) is 0 Å². The molecular weight excluding hydrogens is 124 g/mol. The fourth-order valence-electron chi connectivity index (χ4n) is 0.884. The molecule has 0 saturated heterocycles. The number of H-pyrrole nitrogens is 1. The van der Waals surface area contributed by atoms with E-state index < -0.39 is 0 Å². The van der Waals surface area contributed by atoms with Gasteiger partial charge in [0.1, 0.15) is 5.82 Å². The Morgan fingerprint density at radius 3 is 3.00 bits per heavy atom. The van der Waals surface area contributed by atoms with Crippen LogP contribution >= 0.6 is 0 Å². The molecule has 56 valence electrons.